The fourth-order valence-corrected chi connectivity index (χ4v) is 0. The van der Waals surface area contributed by atoms with Crippen LogP contribution in [0.4, 0.5) is 0 Å². The Bertz CT molecular complexity index is 6.00. The molecular weight excluding hydrogens is 87.1 g/mol. The van der Waals surface area contributed by atoms with Gasteiger partial charge in [-0.05, 0) is 0 Å². The first kappa shape index (κ1) is 22.6. The van der Waals surface area contributed by atoms with E-state index in [1.807, 2.05) is 0 Å². The molecule has 0 heterocycles. The third kappa shape index (κ3) is 16.6. The molecule has 0 atom stereocenters. The summed E-state index contributed by atoms with van der Waals surface area (Å²) in [6.45, 7) is 0. The maximum absolute atomic E-state index is 1.44. The molecule has 0 bridgehead atoms. The Morgan fingerprint density at radius 1 is 1.00 bits per heavy atom. The van der Waals surface area contributed by atoms with E-state index < -0.39 is 0 Å². The van der Waals surface area contributed by atoms with Gasteiger partial charge in [0.2, 0.25) is 0 Å². The molecule has 0 saturated carbocycles. The quantitative estimate of drug-likeness (QED) is 0.278. The minimum atomic E-state index is 0. The van der Waals surface area contributed by atoms with Crippen LogP contribution < -0.4 is 0 Å². The van der Waals surface area contributed by atoms with E-state index in [2.05, 4.69) is 0 Å². The molecule has 28 valence electrons. The lowest BCUT2D eigenvalue weighted by atomic mass is 16.0. The van der Waals surface area contributed by atoms with Crippen molar-refractivity contribution in [1.82, 2.24) is 0 Å². The summed E-state index contributed by atoms with van der Waals surface area (Å²) in [6.07, 6.45) is 0. The van der Waals surface area contributed by atoms with Gasteiger partial charge in [0.25, 0.3) is 0 Å². The van der Waals surface area contributed by atoms with Gasteiger partial charge in [-0.3, -0.25) is 0 Å². The average Bonchev–Trinajstić information content (AvgIpc) is 1.00. The molecule has 0 rings (SSSR count). The van der Waals surface area contributed by atoms with Crippen LogP contribution in [0.1, 0.15) is 0 Å². The van der Waals surface area contributed by atoms with Crippen LogP contribution in [0.5, 0.6) is 0 Å². The van der Waals surface area contributed by atoms with Gasteiger partial charge in [-0.1, -0.05) is 8.80 Å². The van der Waals surface area contributed by atoms with E-state index in [0.29, 0.717) is 0 Å². The van der Waals surface area contributed by atoms with E-state index >= 15 is 0 Å². The number of hydrogen-bond donors (Lipinski definition) is 0. The molecule has 4 heteroatoms. The minimum Gasteiger partial charge on any atom is -0.412 e. The molecule has 0 fully saturated rings. The van der Waals surface area contributed by atoms with E-state index in [1.54, 1.807) is 0 Å². The SMILES string of the molecule is O.O.[AlH2][SiH3]. The zero-order valence-electron chi connectivity index (χ0n) is 3.00. The third-order valence-corrected chi connectivity index (χ3v) is 0. The second kappa shape index (κ2) is 58.4. The Hall–Kier alpha value is 0.669. The van der Waals surface area contributed by atoms with E-state index in [1.165, 1.54) is 24.4 Å². The molecule has 0 saturated heterocycles. The summed E-state index contributed by atoms with van der Waals surface area (Å²) in [5.74, 6) is 0. The Kier molecular flexibility index (Phi) is 329. The van der Waals surface area contributed by atoms with Gasteiger partial charge in [-0.15, -0.1) is 0 Å². The predicted molar refractivity (Wildman–Crippen MR) is 25.7 cm³/mol. The molecule has 0 aliphatic carbocycles. The normalized spacial score (nSPS) is 2.00. The Morgan fingerprint density at radius 2 is 1.00 bits per heavy atom. The van der Waals surface area contributed by atoms with Crippen molar-refractivity contribution in [3.05, 3.63) is 0 Å². The zero-order valence-corrected chi connectivity index (χ0v) is 7.00. The summed E-state index contributed by atoms with van der Waals surface area (Å²) < 4.78 is 0. The van der Waals surface area contributed by atoms with Gasteiger partial charge in [0.1, 0.15) is 0 Å². The summed E-state index contributed by atoms with van der Waals surface area (Å²) in [6, 6.07) is 0. The molecule has 0 aromatic heterocycles. The maximum Gasteiger partial charge on any atom is 0.193 e. The fraction of sp³-hybridized carbons (Fsp3) is 0. The lowest BCUT2D eigenvalue weighted by molar-refractivity contribution is 0.823. The van der Waals surface area contributed by atoms with E-state index in [-0.39, 0.29) is 11.0 Å². The standard InChI is InChI=1S/Al.2H2O.H3Si.2H/h;2*1H2;1H3;;. The van der Waals surface area contributed by atoms with Crippen LogP contribution in [0.3, 0.4) is 0 Å². The highest BCUT2D eigenvalue weighted by Gasteiger charge is 1.08. The fourth-order valence-electron chi connectivity index (χ4n) is 0. The maximum atomic E-state index is 1.44. The molecule has 0 aliphatic heterocycles. The summed E-state index contributed by atoms with van der Waals surface area (Å²) in [4.78, 5) is 0. The highest BCUT2D eigenvalue weighted by molar-refractivity contribution is 6.75. The van der Waals surface area contributed by atoms with Crippen molar-refractivity contribution in [2.24, 2.45) is 0 Å². The van der Waals surface area contributed by atoms with Gasteiger partial charge in [-0.25, -0.2) is 0 Å². The molecular formula is H9AlO2Si. The number of rotatable bonds is 0. The van der Waals surface area contributed by atoms with Crippen LogP contribution in [-0.2, 0) is 0 Å². The first-order chi connectivity index (χ1) is 1.00. The van der Waals surface area contributed by atoms with Crippen molar-refractivity contribution >= 4 is 24.4 Å². The molecule has 2 nitrogen and oxygen atoms in total. The second-order valence-corrected chi connectivity index (χ2v) is 0. The molecule has 0 aromatic carbocycles. The van der Waals surface area contributed by atoms with E-state index in [0.717, 1.165) is 0 Å². The summed E-state index contributed by atoms with van der Waals surface area (Å²) in [5, 5.41) is 0. The predicted octanol–water partition coefficient (Wildman–Crippen LogP) is -3.75. The van der Waals surface area contributed by atoms with Gasteiger partial charge < -0.3 is 11.0 Å². The van der Waals surface area contributed by atoms with Crippen LogP contribution in [0.15, 0.2) is 0 Å². The van der Waals surface area contributed by atoms with Crippen molar-refractivity contribution in [2.75, 3.05) is 0 Å². The van der Waals surface area contributed by atoms with Crippen molar-refractivity contribution < 1.29 is 11.0 Å². The first-order valence-corrected chi connectivity index (χ1v) is 9.00. The Labute approximate surface area is 36.1 Å². The molecule has 4 N–H and O–H groups in total. The van der Waals surface area contributed by atoms with Gasteiger partial charge in [0.15, 0.2) is 15.6 Å². The molecule has 0 amide bonds. The highest BCUT2D eigenvalue weighted by Crippen LogP contribution is 0.619. The topological polar surface area (TPSA) is 63.0 Å². The van der Waals surface area contributed by atoms with Crippen molar-refractivity contribution in [3.63, 3.8) is 0 Å². The zero-order chi connectivity index (χ0) is 2.00. The average molecular weight is 96.1 g/mol. The smallest absolute Gasteiger partial charge is 0.193 e. The Balaban J connectivity index is -0.00000000500. The van der Waals surface area contributed by atoms with Crippen LogP contribution >= 0.6 is 0 Å². The monoisotopic (exact) mass is 96.0 g/mol. The van der Waals surface area contributed by atoms with Crippen LogP contribution in [0, 0.1) is 0 Å². The summed E-state index contributed by atoms with van der Waals surface area (Å²) in [7, 11) is 1.44. The lowest BCUT2D eigenvalue weighted by Gasteiger charge is -0.936. The molecule has 0 unspecified atom stereocenters. The van der Waals surface area contributed by atoms with E-state index in [9.17, 15) is 0 Å². The third-order valence-electron chi connectivity index (χ3n) is 0. The molecule has 0 spiro atoms. The van der Waals surface area contributed by atoms with Gasteiger partial charge in [-0.2, -0.15) is 0 Å². The molecule has 0 aliphatic rings. The summed E-state index contributed by atoms with van der Waals surface area (Å²) >= 11 is 1.44. The minimum absolute atomic E-state index is 0. The highest BCUT2D eigenvalue weighted by atomic mass is 28.7. The lowest BCUT2D eigenvalue weighted by Crippen LogP contribution is -1.38. The number of hydrogen-bond acceptors (Lipinski definition) is 0. The molecule has 0 radical (unpaired) electrons. The van der Waals surface area contributed by atoms with Crippen molar-refractivity contribution in [1.29, 1.82) is 0 Å². The van der Waals surface area contributed by atoms with E-state index in [4.69, 9.17) is 0 Å². The first-order valence-electron chi connectivity index (χ1n) is 1.00. The van der Waals surface area contributed by atoms with Crippen molar-refractivity contribution in [3.8, 4) is 0 Å². The van der Waals surface area contributed by atoms with Gasteiger partial charge in [0.05, 0.1) is 0 Å². The summed E-state index contributed by atoms with van der Waals surface area (Å²) in [5.41, 5.74) is 0. The largest absolute Gasteiger partial charge is 0.412 e. The van der Waals surface area contributed by atoms with Crippen LogP contribution in [0.2, 0.25) is 0 Å². The Morgan fingerprint density at radius 3 is 1.00 bits per heavy atom. The molecule has 0 aromatic rings. The van der Waals surface area contributed by atoms with Crippen LogP contribution in [0.25, 0.3) is 0 Å². The van der Waals surface area contributed by atoms with Gasteiger partial charge >= 0.3 is 0 Å². The van der Waals surface area contributed by atoms with Gasteiger partial charge in [0, 0.05) is 0 Å². The second-order valence-electron chi connectivity index (χ2n) is 0. The van der Waals surface area contributed by atoms with Crippen molar-refractivity contribution in [2.45, 2.75) is 0 Å². The van der Waals surface area contributed by atoms with Crippen LogP contribution in [-0.4, -0.2) is 35.4 Å². The molecule has 4 heavy (non-hydrogen) atoms.